The van der Waals surface area contributed by atoms with Gasteiger partial charge in [-0.25, -0.2) is 9.18 Å². The molecule has 0 aliphatic carbocycles. The molecule has 1 aromatic heterocycles. The number of alkyl halides is 3. The lowest BCUT2D eigenvalue weighted by atomic mass is 10.1. The average Bonchev–Trinajstić information content (AvgIpc) is 3.24. The first-order valence-corrected chi connectivity index (χ1v) is 12.1. The van der Waals surface area contributed by atoms with Gasteiger partial charge < -0.3 is 14.0 Å². The third kappa shape index (κ3) is 5.72. The van der Waals surface area contributed by atoms with Crippen molar-refractivity contribution in [2.45, 2.75) is 26.6 Å². The summed E-state index contributed by atoms with van der Waals surface area (Å²) in [4.78, 5) is 12.3. The number of carbonyl (C=O) groups is 1. The van der Waals surface area contributed by atoms with Gasteiger partial charge in [-0.15, -0.1) is 0 Å². The Morgan fingerprint density at radius 3 is 2.49 bits per heavy atom. The molecular formula is C28H22BrF4NO3. The van der Waals surface area contributed by atoms with Crippen LogP contribution in [-0.2, 0) is 17.5 Å². The first-order valence-electron chi connectivity index (χ1n) is 11.3. The zero-order valence-electron chi connectivity index (χ0n) is 19.9. The Morgan fingerprint density at radius 1 is 1.00 bits per heavy atom. The molecule has 0 spiro atoms. The number of aryl methyl sites for hydroxylation is 1. The van der Waals surface area contributed by atoms with E-state index in [0.717, 1.165) is 23.9 Å². The number of benzene rings is 3. The second-order valence-corrected chi connectivity index (χ2v) is 9.07. The second-order valence-electron chi connectivity index (χ2n) is 8.16. The average molecular weight is 576 g/mol. The van der Waals surface area contributed by atoms with Gasteiger partial charge in [-0.05, 0) is 74.5 Å². The lowest BCUT2D eigenvalue weighted by molar-refractivity contribution is -0.138. The Labute approximate surface area is 219 Å². The Bertz CT molecular complexity index is 1450. The number of halogens is 5. The van der Waals surface area contributed by atoms with E-state index in [1.807, 2.05) is 29.7 Å². The summed E-state index contributed by atoms with van der Waals surface area (Å²) in [5.41, 5.74) is 1.48. The summed E-state index contributed by atoms with van der Waals surface area (Å²) in [7, 11) is 0. The molecule has 37 heavy (non-hydrogen) atoms. The van der Waals surface area contributed by atoms with Gasteiger partial charge in [0.15, 0.2) is 0 Å². The number of carbonyl (C=O) groups excluding carboxylic acids is 1. The highest BCUT2D eigenvalue weighted by Crippen LogP contribution is 2.38. The van der Waals surface area contributed by atoms with Crippen LogP contribution in [0.2, 0.25) is 0 Å². The van der Waals surface area contributed by atoms with Crippen LogP contribution in [-0.4, -0.2) is 17.1 Å². The number of rotatable bonds is 7. The van der Waals surface area contributed by atoms with Crippen molar-refractivity contribution in [2.75, 3.05) is 6.61 Å². The van der Waals surface area contributed by atoms with Crippen LogP contribution in [0.25, 0.3) is 16.9 Å². The first-order chi connectivity index (χ1) is 17.6. The quantitative estimate of drug-likeness (QED) is 0.165. The van der Waals surface area contributed by atoms with Crippen LogP contribution in [0, 0.1) is 12.7 Å². The van der Waals surface area contributed by atoms with Crippen molar-refractivity contribution in [1.82, 2.24) is 4.57 Å². The van der Waals surface area contributed by atoms with E-state index >= 15 is 0 Å². The molecule has 0 amide bonds. The number of hydrogen-bond donors (Lipinski definition) is 0. The third-order valence-corrected chi connectivity index (χ3v) is 6.20. The Hall–Kier alpha value is -3.59. The van der Waals surface area contributed by atoms with Gasteiger partial charge in [0.05, 0.1) is 23.4 Å². The Morgan fingerprint density at radius 2 is 1.76 bits per heavy atom. The van der Waals surface area contributed by atoms with Crippen molar-refractivity contribution < 1.29 is 31.8 Å². The van der Waals surface area contributed by atoms with Gasteiger partial charge in [-0.3, -0.25) is 0 Å². The molecule has 0 bridgehead atoms. The standard InChI is InChI=1S/C28H22BrF4NO3/c1-3-36-27(35)18-6-4-7-20(14-18)34-17(2)10-12-25(34)21-15-19(29)11-13-26(21)37-16-22-23(28(31,32)33)8-5-9-24(22)30/h4-15H,3,16H2,1-2H3. The molecule has 0 saturated carbocycles. The molecule has 4 aromatic rings. The van der Waals surface area contributed by atoms with Gasteiger partial charge >= 0.3 is 12.1 Å². The first kappa shape index (κ1) is 26.5. The summed E-state index contributed by atoms with van der Waals surface area (Å²) in [6.45, 7) is 3.24. The summed E-state index contributed by atoms with van der Waals surface area (Å²) in [6, 6.07) is 18.5. The smallest absolute Gasteiger partial charge is 0.416 e. The van der Waals surface area contributed by atoms with Gasteiger partial charge in [0.1, 0.15) is 18.2 Å². The fraction of sp³-hybridized carbons (Fsp3) is 0.179. The maximum absolute atomic E-state index is 14.4. The Balaban J connectivity index is 1.76. The molecule has 4 rings (SSSR count). The fourth-order valence-corrected chi connectivity index (χ4v) is 4.39. The summed E-state index contributed by atoms with van der Waals surface area (Å²) >= 11 is 3.44. The minimum atomic E-state index is -4.72. The van der Waals surface area contributed by atoms with E-state index in [4.69, 9.17) is 9.47 Å². The largest absolute Gasteiger partial charge is 0.488 e. The number of esters is 1. The maximum atomic E-state index is 14.4. The fourth-order valence-electron chi connectivity index (χ4n) is 4.03. The molecule has 9 heteroatoms. The molecule has 0 saturated heterocycles. The van der Waals surface area contributed by atoms with E-state index in [9.17, 15) is 22.4 Å². The van der Waals surface area contributed by atoms with Crippen molar-refractivity contribution >= 4 is 21.9 Å². The minimum Gasteiger partial charge on any atom is -0.488 e. The van der Waals surface area contributed by atoms with Crippen LogP contribution in [0.5, 0.6) is 5.75 Å². The third-order valence-electron chi connectivity index (χ3n) is 5.71. The number of hydrogen-bond acceptors (Lipinski definition) is 3. The minimum absolute atomic E-state index is 0.244. The van der Waals surface area contributed by atoms with Crippen LogP contribution in [0.1, 0.15) is 34.1 Å². The van der Waals surface area contributed by atoms with Gasteiger partial charge in [-0.2, -0.15) is 13.2 Å². The molecule has 0 N–H and O–H groups in total. The lowest BCUT2D eigenvalue weighted by Gasteiger charge is -2.18. The van der Waals surface area contributed by atoms with E-state index in [1.54, 1.807) is 43.3 Å². The second kappa shape index (κ2) is 10.8. The topological polar surface area (TPSA) is 40.5 Å². The molecule has 0 aliphatic rings. The Kier molecular flexibility index (Phi) is 7.73. The van der Waals surface area contributed by atoms with Crippen LogP contribution in [0.3, 0.4) is 0 Å². The summed E-state index contributed by atoms with van der Waals surface area (Å²) in [6.07, 6.45) is -4.72. The molecule has 0 atom stereocenters. The van der Waals surface area contributed by atoms with Crippen LogP contribution >= 0.6 is 15.9 Å². The van der Waals surface area contributed by atoms with E-state index in [0.29, 0.717) is 27.0 Å². The molecule has 1 heterocycles. The summed E-state index contributed by atoms with van der Waals surface area (Å²) in [5.74, 6) is -1.18. The van der Waals surface area contributed by atoms with E-state index in [2.05, 4.69) is 15.9 Å². The van der Waals surface area contributed by atoms with E-state index < -0.39 is 35.7 Å². The highest BCUT2D eigenvalue weighted by atomic mass is 79.9. The van der Waals surface area contributed by atoms with Crippen molar-refractivity contribution in [3.8, 4) is 22.7 Å². The van der Waals surface area contributed by atoms with Crippen LogP contribution in [0.4, 0.5) is 17.6 Å². The van der Waals surface area contributed by atoms with Gasteiger partial charge in [0.25, 0.3) is 0 Å². The summed E-state index contributed by atoms with van der Waals surface area (Å²) < 4.78 is 68.3. The molecule has 0 unspecified atom stereocenters. The van der Waals surface area contributed by atoms with Crippen molar-refractivity contribution in [3.63, 3.8) is 0 Å². The molecule has 4 nitrogen and oxygen atoms in total. The zero-order valence-corrected chi connectivity index (χ0v) is 21.5. The van der Waals surface area contributed by atoms with Gasteiger partial charge in [-0.1, -0.05) is 28.1 Å². The van der Waals surface area contributed by atoms with Crippen molar-refractivity contribution in [1.29, 1.82) is 0 Å². The monoisotopic (exact) mass is 575 g/mol. The molecule has 192 valence electrons. The predicted octanol–water partition coefficient (Wildman–Crippen LogP) is 8.13. The molecular weight excluding hydrogens is 554 g/mol. The molecule has 0 radical (unpaired) electrons. The maximum Gasteiger partial charge on any atom is 0.416 e. The normalized spacial score (nSPS) is 11.4. The SMILES string of the molecule is CCOC(=O)c1cccc(-n2c(C)ccc2-c2cc(Br)ccc2OCc2c(F)cccc2C(F)(F)F)c1. The van der Waals surface area contributed by atoms with E-state index in [1.165, 1.54) is 0 Å². The van der Waals surface area contributed by atoms with Gasteiger partial charge in [0.2, 0.25) is 0 Å². The molecule has 0 aliphatic heterocycles. The molecule has 3 aromatic carbocycles. The summed E-state index contributed by atoms with van der Waals surface area (Å²) in [5, 5.41) is 0. The van der Waals surface area contributed by atoms with E-state index in [-0.39, 0.29) is 12.4 Å². The van der Waals surface area contributed by atoms with Crippen LogP contribution in [0.15, 0.2) is 77.3 Å². The lowest BCUT2D eigenvalue weighted by Crippen LogP contribution is -2.13. The number of ether oxygens (including phenoxy) is 2. The molecule has 0 fully saturated rings. The highest BCUT2D eigenvalue weighted by Gasteiger charge is 2.34. The predicted molar refractivity (Wildman–Crippen MR) is 135 cm³/mol. The van der Waals surface area contributed by atoms with Crippen molar-refractivity contribution in [3.05, 3.63) is 105 Å². The van der Waals surface area contributed by atoms with Gasteiger partial charge in [0, 0.05) is 27.0 Å². The number of nitrogens with zero attached hydrogens (tertiary/aromatic N) is 1. The van der Waals surface area contributed by atoms with Crippen LogP contribution < -0.4 is 4.74 Å². The zero-order chi connectivity index (χ0) is 26.7. The van der Waals surface area contributed by atoms with Crippen molar-refractivity contribution in [2.24, 2.45) is 0 Å². The number of aromatic nitrogens is 1. The highest BCUT2D eigenvalue weighted by molar-refractivity contribution is 9.10.